The van der Waals surface area contributed by atoms with Gasteiger partial charge in [0, 0.05) is 11.6 Å². The molecule has 0 aliphatic rings. The molecule has 8 nitrogen and oxygen atoms in total. The quantitative estimate of drug-likeness (QED) is 0.668. The minimum atomic E-state index is -1.02. The molecule has 9 heteroatoms. The molecule has 98 valence electrons. The summed E-state index contributed by atoms with van der Waals surface area (Å²) in [4.78, 5) is 25.1. The van der Waals surface area contributed by atoms with E-state index < -0.39 is 22.3 Å². The van der Waals surface area contributed by atoms with Gasteiger partial charge in [0.05, 0.1) is 4.92 Å². The van der Waals surface area contributed by atoms with Crippen molar-refractivity contribution in [2.45, 2.75) is 6.92 Å². The molecule has 2 rings (SSSR count). The van der Waals surface area contributed by atoms with Crippen LogP contribution in [0.15, 0.2) is 22.7 Å². The van der Waals surface area contributed by atoms with E-state index in [1.807, 2.05) is 0 Å². The fraction of sp³-hybridized carbons (Fsp3) is 0.100. The van der Waals surface area contributed by atoms with Crippen LogP contribution in [0.4, 0.5) is 16.1 Å². The van der Waals surface area contributed by atoms with Crippen molar-refractivity contribution in [3.63, 3.8) is 0 Å². The first-order valence-corrected chi connectivity index (χ1v) is 5.03. The molecule has 1 N–H and O–H groups in total. The van der Waals surface area contributed by atoms with E-state index in [2.05, 4.69) is 20.0 Å². The van der Waals surface area contributed by atoms with E-state index in [-0.39, 0.29) is 11.6 Å². The van der Waals surface area contributed by atoms with Crippen LogP contribution in [0.2, 0.25) is 0 Å². The van der Waals surface area contributed by atoms with E-state index in [9.17, 15) is 19.3 Å². The minimum absolute atomic E-state index is 0.0936. The molecule has 0 saturated heterocycles. The Morgan fingerprint density at radius 1 is 1.53 bits per heavy atom. The van der Waals surface area contributed by atoms with Gasteiger partial charge in [-0.1, -0.05) is 5.16 Å². The lowest BCUT2D eigenvalue weighted by Crippen LogP contribution is -2.12. The summed E-state index contributed by atoms with van der Waals surface area (Å²) in [6, 6.07) is 2.63. The van der Waals surface area contributed by atoms with Crippen LogP contribution in [0, 0.1) is 22.9 Å². The average molecular weight is 266 g/mol. The lowest BCUT2D eigenvalue weighted by atomic mass is 10.2. The smallest absolute Gasteiger partial charge is 0.315 e. The lowest BCUT2D eigenvalue weighted by Gasteiger charge is -2.00. The maximum atomic E-state index is 13.1. The number of hydrogen-bond acceptors (Lipinski definition) is 6. The molecular weight excluding hydrogens is 259 g/mol. The first kappa shape index (κ1) is 12.6. The Balaban J connectivity index is 2.24. The second kappa shape index (κ2) is 4.80. The number of amides is 1. The normalized spacial score (nSPS) is 10.2. The van der Waals surface area contributed by atoms with Crippen LogP contribution in [-0.4, -0.2) is 21.0 Å². The highest BCUT2D eigenvalue weighted by Gasteiger charge is 2.18. The fourth-order valence-electron chi connectivity index (χ4n) is 1.31. The van der Waals surface area contributed by atoms with Crippen LogP contribution >= 0.6 is 0 Å². The van der Waals surface area contributed by atoms with Gasteiger partial charge in [0.15, 0.2) is 5.82 Å². The van der Waals surface area contributed by atoms with Crippen molar-refractivity contribution in [1.29, 1.82) is 0 Å². The standard InChI is InChI=1S/C10H7FN4O4/c1-5-12-10(19-14-5)13-9(16)6-2-3-7(11)8(4-6)15(17)18/h2-4H,1H3,(H,12,13,14,16). The number of carbonyl (C=O) groups is 1. The van der Waals surface area contributed by atoms with E-state index in [4.69, 9.17) is 0 Å². The zero-order valence-corrected chi connectivity index (χ0v) is 9.58. The molecule has 0 bridgehead atoms. The summed E-state index contributed by atoms with van der Waals surface area (Å²) in [5, 5.41) is 16.2. The Kier molecular flexibility index (Phi) is 3.19. The van der Waals surface area contributed by atoms with E-state index in [1.54, 1.807) is 6.92 Å². The number of nitro groups is 1. The van der Waals surface area contributed by atoms with Gasteiger partial charge >= 0.3 is 11.7 Å². The van der Waals surface area contributed by atoms with Crippen LogP contribution in [0.1, 0.15) is 16.2 Å². The van der Waals surface area contributed by atoms with E-state index in [0.717, 1.165) is 18.2 Å². The minimum Gasteiger partial charge on any atom is -0.315 e. The van der Waals surface area contributed by atoms with Gasteiger partial charge in [-0.2, -0.15) is 9.37 Å². The number of benzene rings is 1. The molecule has 19 heavy (non-hydrogen) atoms. The van der Waals surface area contributed by atoms with E-state index in [0.29, 0.717) is 5.82 Å². The van der Waals surface area contributed by atoms with Crippen molar-refractivity contribution in [3.8, 4) is 0 Å². The first-order valence-electron chi connectivity index (χ1n) is 5.03. The van der Waals surface area contributed by atoms with E-state index >= 15 is 0 Å². The van der Waals surface area contributed by atoms with Gasteiger partial charge in [-0.25, -0.2) is 0 Å². The zero-order valence-electron chi connectivity index (χ0n) is 9.58. The largest absolute Gasteiger partial charge is 0.328 e. The fourth-order valence-corrected chi connectivity index (χ4v) is 1.31. The van der Waals surface area contributed by atoms with Gasteiger partial charge in [0.1, 0.15) is 0 Å². The van der Waals surface area contributed by atoms with Gasteiger partial charge in [-0.3, -0.25) is 20.2 Å². The van der Waals surface area contributed by atoms with Crippen molar-refractivity contribution in [2.24, 2.45) is 0 Å². The molecular formula is C10H7FN4O4. The molecule has 0 atom stereocenters. The average Bonchev–Trinajstić information content (AvgIpc) is 2.74. The van der Waals surface area contributed by atoms with Crippen LogP contribution < -0.4 is 5.32 Å². The Morgan fingerprint density at radius 3 is 2.84 bits per heavy atom. The number of halogens is 1. The SMILES string of the molecule is Cc1noc(NC(=O)c2ccc(F)c([N+](=O)[O-])c2)n1. The molecule has 0 aliphatic heterocycles. The van der Waals surface area contributed by atoms with Crippen LogP contribution in [0.25, 0.3) is 0 Å². The second-order valence-corrected chi connectivity index (χ2v) is 3.52. The van der Waals surface area contributed by atoms with Crippen molar-refractivity contribution in [3.05, 3.63) is 45.5 Å². The van der Waals surface area contributed by atoms with Gasteiger partial charge in [-0.15, -0.1) is 0 Å². The molecule has 1 aromatic heterocycles. The number of hydrogen-bond donors (Lipinski definition) is 1. The molecule has 2 aromatic rings. The van der Waals surface area contributed by atoms with Gasteiger partial charge in [-0.05, 0) is 19.1 Å². The number of aryl methyl sites for hydroxylation is 1. The molecule has 0 spiro atoms. The summed E-state index contributed by atoms with van der Waals surface area (Å²) < 4.78 is 17.8. The topological polar surface area (TPSA) is 111 Å². The summed E-state index contributed by atoms with van der Waals surface area (Å²) in [5.41, 5.74) is -0.877. The Bertz CT molecular complexity index is 655. The van der Waals surface area contributed by atoms with Crippen LogP contribution in [-0.2, 0) is 0 Å². The summed E-state index contributed by atoms with van der Waals surface area (Å²) >= 11 is 0. The molecule has 0 saturated carbocycles. The monoisotopic (exact) mass is 266 g/mol. The maximum absolute atomic E-state index is 13.1. The third-order valence-corrected chi connectivity index (χ3v) is 2.15. The predicted molar refractivity (Wildman–Crippen MR) is 60.0 cm³/mol. The van der Waals surface area contributed by atoms with Gasteiger partial charge < -0.3 is 4.52 Å². The number of anilines is 1. The van der Waals surface area contributed by atoms with Crippen LogP contribution in [0.5, 0.6) is 0 Å². The van der Waals surface area contributed by atoms with Gasteiger partial charge in [0.25, 0.3) is 5.91 Å². The third kappa shape index (κ3) is 2.70. The summed E-state index contributed by atoms with van der Waals surface area (Å²) in [7, 11) is 0. The summed E-state index contributed by atoms with van der Waals surface area (Å²) in [5.74, 6) is -1.41. The molecule has 1 aromatic carbocycles. The Morgan fingerprint density at radius 2 is 2.26 bits per heavy atom. The molecule has 1 amide bonds. The highest BCUT2D eigenvalue weighted by Crippen LogP contribution is 2.19. The van der Waals surface area contributed by atoms with E-state index in [1.165, 1.54) is 0 Å². The second-order valence-electron chi connectivity index (χ2n) is 3.52. The lowest BCUT2D eigenvalue weighted by molar-refractivity contribution is -0.387. The number of rotatable bonds is 3. The molecule has 0 radical (unpaired) electrons. The third-order valence-electron chi connectivity index (χ3n) is 2.15. The van der Waals surface area contributed by atoms with Crippen molar-refractivity contribution >= 4 is 17.6 Å². The molecule has 0 unspecified atom stereocenters. The first-order chi connectivity index (χ1) is 8.97. The predicted octanol–water partition coefficient (Wildman–Crippen LogP) is 1.68. The van der Waals surface area contributed by atoms with Crippen molar-refractivity contribution in [1.82, 2.24) is 10.1 Å². The van der Waals surface area contributed by atoms with Crippen molar-refractivity contribution < 1.29 is 18.6 Å². The number of carbonyl (C=O) groups excluding carboxylic acids is 1. The van der Waals surface area contributed by atoms with Gasteiger partial charge in [0.2, 0.25) is 5.82 Å². The number of nitrogens with zero attached hydrogens (tertiary/aromatic N) is 3. The Hall–Kier alpha value is -2.84. The summed E-state index contributed by atoms with van der Waals surface area (Å²) in [6.07, 6.45) is 0. The maximum Gasteiger partial charge on any atom is 0.328 e. The number of nitrogens with one attached hydrogen (secondary N) is 1. The zero-order chi connectivity index (χ0) is 14.0. The summed E-state index contributed by atoms with van der Waals surface area (Å²) in [6.45, 7) is 1.56. The number of aromatic nitrogens is 2. The molecule has 0 fully saturated rings. The highest BCUT2D eigenvalue weighted by atomic mass is 19.1. The van der Waals surface area contributed by atoms with Crippen molar-refractivity contribution in [2.75, 3.05) is 5.32 Å². The highest BCUT2D eigenvalue weighted by molar-refractivity contribution is 6.03. The molecule has 1 heterocycles. The van der Waals surface area contributed by atoms with Crippen LogP contribution in [0.3, 0.4) is 0 Å². The Labute approximate surface area is 105 Å². The number of nitro benzene ring substituents is 1. The molecule has 0 aliphatic carbocycles.